The van der Waals surface area contributed by atoms with Gasteiger partial charge < -0.3 is 5.32 Å². The molecular weight excluding hydrogens is 357 g/mol. The topological polar surface area (TPSA) is 79.8 Å². The SMILES string of the molecule is CCCCc1ccccc1.CNc1nc(CCC(C)(C)F)nc(NC(C)=O)n1. The molecule has 154 valence electrons. The van der Waals surface area contributed by atoms with Gasteiger partial charge in [-0.3, -0.25) is 10.1 Å². The van der Waals surface area contributed by atoms with E-state index < -0.39 is 5.67 Å². The summed E-state index contributed by atoms with van der Waals surface area (Å²) >= 11 is 0. The number of alkyl halides is 1. The number of benzene rings is 1. The predicted molar refractivity (Wildman–Crippen MR) is 112 cm³/mol. The van der Waals surface area contributed by atoms with Crippen molar-refractivity contribution in [3.8, 4) is 0 Å². The number of aromatic nitrogens is 3. The van der Waals surface area contributed by atoms with Crippen LogP contribution in [-0.2, 0) is 17.6 Å². The lowest BCUT2D eigenvalue weighted by atomic mass is 10.1. The van der Waals surface area contributed by atoms with Crippen LogP contribution in [0.25, 0.3) is 0 Å². The minimum Gasteiger partial charge on any atom is -0.357 e. The fourth-order valence-electron chi connectivity index (χ4n) is 2.29. The lowest BCUT2D eigenvalue weighted by Crippen LogP contribution is -2.16. The maximum atomic E-state index is 13.4. The van der Waals surface area contributed by atoms with Crippen LogP contribution in [0.5, 0.6) is 0 Å². The van der Waals surface area contributed by atoms with Crippen molar-refractivity contribution < 1.29 is 9.18 Å². The Balaban J connectivity index is 0.000000330. The third-order valence-corrected chi connectivity index (χ3v) is 3.80. The van der Waals surface area contributed by atoms with E-state index in [1.54, 1.807) is 7.05 Å². The Labute approximate surface area is 167 Å². The van der Waals surface area contributed by atoms with E-state index in [1.807, 2.05) is 0 Å². The summed E-state index contributed by atoms with van der Waals surface area (Å²) in [5.41, 5.74) is 0.185. The Kier molecular flexibility index (Phi) is 10.1. The van der Waals surface area contributed by atoms with Gasteiger partial charge >= 0.3 is 0 Å². The zero-order valence-corrected chi connectivity index (χ0v) is 17.6. The summed E-state index contributed by atoms with van der Waals surface area (Å²) in [5.74, 6) is 0.706. The molecule has 0 spiro atoms. The van der Waals surface area contributed by atoms with Crippen LogP contribution in [0.3, 0.4) is 0 Å². The van der Waals surface area contributed by atoms with E-state index in [4.69, 9.17) is 0 Å². The van der Waals surface area contributed by atoms with Crippen LogP contribution in [-0.4, -0.2) is 33.6 Å². The summed E-state index contributed by atoms with van der Waals surface area (Å²) in [5, 5.41) is 5.25. The third-order valence-electron chi connectivity index (χ3n) is 3.80. The quantitative estimate of drug-likeness (QED) is 0.691. The van der Waals surface area contributed by atoms with Crippen LogP contribution in [0.2, 0.25) is 0 Å². The molecule has 2 aromatic rings. The standard InChI is InChI=1S/C11H18FN5O.C10H14/c1-7(18)14-10-16-8(5-6-11(2,3)12)15-9(13-4)17-10;1-2-3-7-10-8-5-4-6-9-10/h5-6H2,1-4H3,(H2,13,14,15,16,17,18);4-6,8-9H,2-3,7H2,1H3. The molecule has 28 heavy (non-hydrogen) atoms. The highest BCUT2D eigenvalue weighted by molar-refractivity contribution is 5.86. The maximum Gasteiger partial charge on any atom is 0.234 e. The number of hydrogen-bond donors (Lipinski definition) is 2. The molecule has 0 saturated carbocycles. The molecule has 0 aliphatic carbocycles. The molecule has 0 unspecified atom stereocenters. The first-order valence-electron chi connectivity index (χ1n) is 9.66. The lowest BCUT2D eigenvalue weighted by Gasteiger charge is -2.13. The molecule has 1 aromatic heterocycles. The molecule has 6 nitrogen and oxygen atoms in total. The third kappa shape index (κ3) is 10.5. The van der Waals surface area contributed by atoms with E-state index in [-0.39, 0.29) is 11.9 Å². The Morgan fingerprint density at radius 2 is 1.71 bits per heavy atom. The maximum absolute atomic E-state index is 13.4. The molecular formula is C21H32FN5O. The highest BCUT2D eigenvalue weighted by Gasteiger charge is 2.17. The number of nitrogens with one attached hydrogen (secondary N) is 2. The van der Waals surface area contributed by atoms with Crippen molar-refractivity contribution in [1.29, 1.82) is 0 Å². The molecule has 0 radical (unpaired) electrons. The molecule has 2 rings (SSSR count). The number of halogens is 1. The number of aryl methyl sites for hydroxylation is 2. The van der Waals surface area contributed by atoms with Crippen LogP contribution >= 0.6 is 0 Å². The van der Waals surface area contributed by atoms with Crippen LogP contribution < -0.4 is 10.6 Å². The minimum absolute atomic E-state index is 0.175. The number of anilines is 2. The smallest absolute Gasteiger partial charge is 0.234 e. The Bertz CT molecular complexity index is 716. The van der Waals surface area contributed by atoms with E-state index in [1.165, 1.54) is 45.6 Å². The van der Waals surface area contributed by atoms with Gasteiger partial charge in [0.2, 0.25) is 17.8 Å². The van der Waals surface area contributed by atoms with Gasteiger partial charge in [-0.05, 0) is 38.7 Å². The summed E-state index contributed by atoms with van der Waals surface area (Å²) in [6.07, 6.45) is 4.52. The second kappa shape index (κ2) is 12.0. The molecule has 0 aliphatic heterocycles. The molecule has 7 heteroatoms. The largest absolute Gasteiger partial charge is 0.357 e. The molecule has 1 amide bonds. The summed E-state index contributed by atoms with van der Waals surface area (Å²) in [4.78, 5) is 23.1. The number of nitrogens with zero attached hydrogens (tertiary/aromatic N) is 3. The molecule has 0 fully saturated rings. The summed E-state index contributed by atoms with van der Waals surface area (Å²) in [6, 6.07) is 10.6. The van der Waals surface area contributed by atoms with Crippen molar-refractivity contribution >= 4 is 17.8 Å². The predicted octanol–water partition coefficient (Wildman–Crippen LogP) is 4.58. The number of rotatable bonds is 8. The first-order valence-corrected chi connectivity index (χ1v) is 9.66. The van der Waals surface area contributed by atoms with Crippen molar-refractivity contribution in [1.82, 2.24) is 15.0 Å². The van der Waals surface area contributed by atoms with Gasteiger partial charge in [-0.1, -0.05) is 43.7 Å². The minimum atomic E-state index is -1.28. The number of carbonyl (C=O) groups excluding carboxylic acids is 1. The zero-order valence-electron chi connectivity index (χ0n) is 17.6. The summed E-state index contributed by atoms with van der Waals surface area (Å²) in [6.45, 7) is 6.60. The average Bonchev–Trinajstić information content (AvgIpc) is 2.65. The fraction of sp³-hybridized carbons (Fsp3) is 0.524. The Morgan fingerprint density at radius 3 is 2.25 bits per heavy atom. The lowest BCUT2D eigenvalue weighted by molar-refractivity contribution is -0.114. The normalized spacial score (nSPS) is 10.6. The second-order valence-corrected chi connectivity index (χ2v) is 7.14. The van der Waals surface area contributed by atoms with Gasteiger partial charge in [-0.2, -0.15) is 15.0 Å². The number of amides is 1. The summed E-state index contributed by atoms with van der Waals surface area (Å²) < 4.78 is 13.4. The molecule has 0 aliphatic rings. The number of unbranched alkanes of at least 4 members (excludes halogenated alkanes) is 1. The molecule has 0 atom stereocenters. The van der Waals surface area contributed by atoms with Crippen molar-refractivity contribution in [2.24, 2.45) is 0 Å². The Hall–Kier alpha value is -2.57. The van der Waals surface area contributed by atoms with Gasteiger partial charge in [0.1, 0.15) is 11.5 Å². The van der Waals surface area contributed by atoms with Crippen LogP contribution in [0.4, 0.5) is 16.3 Å². The van der Waals surface area contributed by atoms with Gasteiger partial charge in [-0.25, -0.2) is 4.39 Å². The molecule has 2 N–H and O–H groups in total. The Morgan fingerprint density at radius 1 is 1.07 bits per heavy atom. The van der Waals surface area contributed by atoms with Crippen molar-refractivity contribution in [3.63, 3.8) is 0 Å². The van der Waals surface area contributed by atoms with Gasteiger partial charge in [0.05, 0.1) is 0 Å². The molecule has 0 bridgehead atoms. The van der Waals surface area contributed by atoms with Crippen molar-refractivity contribution in [2.75, 3.05) is 17.7 Å². The van der Waals surface area contributed by atoms with E-state index in [0.29, 0.717) is 24.6 Å². The first kappa shape index (κ1) is 23.5. The highest BCUT2D eigenvalue weighted by atomic mass is 19.1. The number of hydrogen-bond acceptors (Lipinski definition) is 5. The van der Waals surface area contributed by atoms with Crippen LogP contribution in [0.15, 0.2) is 30.3 Å². The van der Waals surface area contributed by atoms with E-state index in [0.717, 1.165) is 0 Å². The molecule has 1 heterocycles. The van der Waals surface area contributed by atoms with Gasteiger partial charge in [0, 0.05) is 20.4 Å². The van der Waals surface area contributed by atoms with Gasteiger partial charge in [0.15, 0.2) is 0 Å². The van der Waals surface area contributed by atoms with E-state index in [2.05, 4.69) is 62.8 Å². The average molecular weight is 390 g/mol. The molecule has 0 saturated heterocycles. The second-order valence-electron chi connectivity index (χ2n) is 7.14. The highest BCUT2D eigenvalue weighted by Crippen LogP contribution is 2.17. The van der Waals surface area contributed by atoms with E-state index in [9.17, 15) is 9.18 Å². The zero-order chi connectivity index (χ0) is 21.0. The van der Waals surface area contributed by atoms with Crippen molar-refractivity contribution in [2.45, 2.75) is 65.5 Å². The number of carbonyl (C=O) groups is 1. The van der Waals surface area contributed by atoms with Crippen LogP contribution in [0.1, 0.15) is 58.3 Å². The van der Waals surface area contributed by atoms with Gasteiger partial charge in [-0.15, -0.1) is 0 Å². The van der Waals surface area contributed by atoms with Gasteiger partial charge in [0.25, 0.3) is 0 Å². The molecule has 1 aromatic carbocycles. The summed E-state index contributed by atoms with van der Waals surface area (Å²) in [7, 11) is 1.66. The van der Waals surface area contributed by atoms with E-state index >= 15 is 0 Å². The monoisotopic (exact) mass is 389 g/mol. The van der Waals surface area contributed by atoms with Crippen molar-refractivity contribution in [3.05, 3.63) is 41.7 Å². The fourth-order valence-corrected chi connectivity index (χ4v) is 2.29. The van der Waals surface area contributed by atoms with Crippen LogP contribution in [0, 0.1) is 0 Å². The first-order chi connectivity index (χ1) is 13.2.